The fourth-order valence-electron chi connectivity index (χ4n) is 4.92. The van der Waals surface area contributed by atoms with Gasteiger partial charge in [-0.3, -0.25) is 0 Å². The van der Waals surface area contributed by atoms with Crippen molar-refractivity contribution in [2.24, 2.45) is 0 Å². The van der Waals surface area contributed by atoms with Crippen molar-refractivity contribution in [2.75, 3.05) is 0 Å². The molecule has 2 aliphatic heterocycles. The minimum Gasteiger partial charge on any atom is -0.479 e. The molecule has 2 aromatic carbocycles. The highest BCUT2D eigenvalue weighted by atomic mass is 19.4. The van der Waals surface area contributed by atoms with E-state index in [4.69, 9.17) is 4.52 Å². The predicted molar refractivity (Wildman–Crippen MR) is 134 cm³/mol. The van der Waals surface area contributed by atoms with Gasteiger partial charge in [0, 0.05) is 11.6 Å². The number of nitrogens with zero attached hydrogens (tertiary/aromatic N) is 5. The van der Waals surface area contributed by atoms with Crippen molar-refractivity contribution >= 4 is 5.97 Å². The van der Waals surface area contributed by atoms with Crippen LogP contribution in [-0.2, 0) is 16.5 Å². The normalized spacial score (nSPS) is 15.3. The number of hydrogen-bond acceptors (Lipinski definition) is 6. The Hall–Kier alpha value is -4.68. The van der Waals surface area contributed by atoms with E-state index >= 15 is 0 Å². The highest BCUT2D eigenvalue weighted by molar-refractivity contribution is 5.81. The number of carboxylic acid groups (broad SMARTS) is 1. The van der Waals surface area contributed by atoms with Crippen LogP contribution in [0.15, 0.2) is 59.4 Å². The third kappa shape index (κ3) is 4.41. The summed E-state index contributed by atoms with van der Waals surface area (Å²) in [7, 11) is 0. The number of carboxylic acids is 1. The second-order valence-corrected chi connectivity index (χ2v) is 9.81. The summed E-state index contributed by atoms with van der Waals surface area (Å²) in [6.07, 6.45) is -0.732. The van der Waals surface area contributed by atoms with Gasteiger partial charge in [-0.15, -0.1) is 0 Å². The molecule has 1 N–H and O–H groups in total. The number of alkyl halides is 3. The number of halogens is 5. The maximum absolute atomic E-state index is 14.3. The molecule has 1 unspecified atom stereocenters. The van der Waals surface area contributed by atoms with Gasteiger partial charge in [0.25, 0.3) is 0 Å². The molecule has 0 bridgehead atoms. The Balaban J connectivity index is 1.44. The maximum Gasteiger partial charge on any atom is 0.417 e. The molecule has 3 aliphatic rings. The Morgan fingerprint density at radius 2 is 1.80 bits per heavy atom. The van der Waals surface area contributed by atoms with Crippen LogP contribution >= 0.6 is 0 Å². The third-order valence-corrected chi connectivity index (χ3v) is 7.30. The molecule has 1 aliphatic carbocycles. The number of imidazole rings is 1. The van der Waals surface area contributed by atoms with E-state index in [1.54, 1.807) is 6.07 Å². The van der Waals surface area contributed by atoms with E-state index in [1.807, 2.05) is 0 Å². The summed E-state index contributed by atoms with van der Waals surface area (Å²) in [5.74, 6) is -3.96. The Bertz CT molecular complexity index is 1760. The van der Waals surface area contributed by atoms with Gasteiger partial charge < -0.3 is 9.63 Å². The summed E-state index contributed by atoms with van der Waals surface area (Å²) in [4.78, 5) is 21.1. The van der Waals surface area contributed by atoms with Crippen molar-refractivity contribution in [3.05, 3.63) is 83.4 Å². The highest BCUT2D eigenvalue weighted by Gasteiger charge is 2.46. The van der Waals surface area contributed by atoms with Crippen LogP contribution in [0.25, 0.3) is 34.0 Å². The number of rotatable bonds is 7. The maximum atomic E-state index is 14.3. The van der Waals surface area contributed by atoms with Crippen LogP contribution in [0.4, 0.5) is 22.0 Å². The van der Waals surface area contributed by atoms with Gasteiger partial charge in [0.15, 0.2) is 23.2 Å². The molecule has 1 atom stereocenters. The van der Waals surface area contributed by atoms with Crippen LogP contribution < -0.4 is 0 Å². The summed E-state index contributed by atoms with van der Waals surface area (Å²) in [6, 6.07) is 8.72. The van der Waals surface area contributed by atoms with E-state index in [0.29, 0.717) is 5.56 Å². The SMILES string of the molecule is CCC(C(=O)O)(c1cc(-c2ccc(C3CC3)cc2C(F)(F)F)no1)n1cc2nc(-c3cccc(F)c3F)nc-2cn1. The molecule has 0 amide bonds. The number of aromatic nitrogens is 5. The smallest absolute Gasteiger partial charge is 0.417 e. The largest absolute Gasteiger partial charge is 0.479 e. The number of aliphatic carboxylic acids is 1. The van der Waals surface area contributed by atoms with Crippen LogP contribution in [0.1, 0.15) is 49.0 Å². The van der Waals surface area contributed by atoms with Crippen LogP contribution in [0.2, 0.25) is 0 Å². The molecule has 3 heterocycles. The molecule has 8 nitrogen and oxygen atoms in total. The van der Waals surface area contributed by atoms with Crippen molar-refractivity contribution in [1.82, 2.24) is 24.9 Å². The van der Waals surface area contributed by atoms with Gasteiger partial charge in [-0.2, -0.15) is 18.3 Å². The monoisotopic (exact) mass is 569 g/mol. The van der Waals surface area contributed by atoms with Crippen LogP contribution in [0, 0.1) is 11.6 Å². The van der Waals surface area contributed by atoms with Crippen molar-refractivity contribution in [2.45, 2.75) is 43.8 Å². The molecule has 6 rings (SSSR count). The number of carbonyl (C=O) groups is 1. The van der Waals surface area contributed by atoms with Crippen molar-refractivity contribution in [1.29, 1.82) is 0 Å². The molecule has 1 saturated carbocycles. The average Bonchev–Trinajstić information content (AvgIpc) is 3.52. The summed E-state index contributed by atoms with van der Waals surface area (Å²) >= 11 is 0. The van der Waals surface area contributed by atoms with Crippen molar-refractivity contribution in [3.8, 4) is 34.0 Å². The molecule has 210 valence electrons. The molecule has 0 saturated heterocycles. The standard InChI is InChI=1S/C28H20F5N5O3/c1-2-27(26(39)40,38-13-22-21(12-34-38)35-25(36-22)17-4-3-5-19(29)24(17)30)23-11-20(37-41-23)16-9-8-15(14-6-7-14)10-18(16)28(31,32)33/h3-5,8-14H,2,6-7H2,1H3,(H,39,40). The van der Waals surface area contributed by atoms with E-state index in [0.717, 1.165) is 35.7 Å². The Morgan fingerprint density at radius 1 is 1.05 bits per heavy atom. The first-order valence-corrected chi connectivity index (χ1v) is 12.6. The third-order valence-electron chi connectivity index (χ3n) is 7.30. The van der Waals surface area contributed by atoms with Gasteiger partial charge in [-0.05, 0) is 48.9 Å². The Kier molecular flexibility index (Phi) is 6.12. The molecule has 41 heavy (non-hydrogen) atoms. The molecule has 13 heteroatoms. The van der Waals surface area contributed by atoms with Gasteiger partial charge in [0.2, 0.25) is 5.54 Å². The lowest BCUT2D eigenvalue weighted by atomic mass is 9.91. The average molecular weight is 569 g/mol. The van der Waals surface area contributed by atoms with Gasteiger partial charge in [-0.25, -0.2) is 28.2 Å². The van der Waals surface area contributed by atoms with Crippen molar-refractivity contribution in [3.63, 3.8) is 0 Å². The molecule has 0 radical (unpaired) electrons. The van der Waals surface area contributed by atoms with E-state index in [9.17, 15) is 31.9 Å². The number of hydrogen-bond donors (Lipinski definition) is 1. The van der Waals surface area contributed by atoms with Crippen molar-refractivity contribution < 1.29 is 36.4 Å². The van der Waals surface area contributed by atoms with E-state index in [1.165, 1.54) is 37.5 Å². The molecular weight excluding hydrogens is 549 g/mol. The lowest BCUT2D eigenvalue weighted by molar-refractivity contribution is -0.147. The second kappa shape index (κ2) is 9.46. The first-order chi connectivity index (χ1) is 19.5. The van der Waals surface area contributed by atoms with Crippen LogP contribution in [0.3, 0.4) is 0 Å². The van der Waals surface area contributed by atoms with Gasteiger partial charge >= 0.3 is 12.1 Å². The number of fused-ring (bicyclic) bond motifs is 1. The molecule has 1 aromatic heterocycles. The first-order valence-electron chi connectivity index (χ1n) is 12.6. The first kappa shape index (κ1) is 26.5. The fourth-order valence-corrected chi connectivity index (χ4v) is 4.92. The molecule has 0 spiro atoms. The summed E-state index contributed by atoms with van der Waals surface area (Å²) in [5.41, 5.74) is -2.67. The van der Waals surface area contributed by atoms with E-state index < -0.39 is 34.9 Å². The topological polar surface area (TPSA) is 107 Å². The molecular formula is C28H20F5N5O3. The van der Waals surface area contributed by atoms with Gasteiger partial charge in [0.05, 0.1) is 23.5 Å². The lowest BCUT2D eigenvalue weighted by Gasteiger charge is -2.27. The van der Waals surface area contributed by atoms with E-state index in [-0.39, 0.29) is 52.1 Å². The second-order valence-electron chi connectivity index (χ2n) is 9.81. The summed E-state index contributed by atoms with van der Waals surface area (Å²) in [5, 5.41) is 18.3. The van der Waals surface area contributed by atoms with Gasteiger partial charge in [-0.1, -0.05) is 30.3 Å². The summed E-state index contributed by atoms with van der Waals surface area (Å²) in [6.45, 7) is 1.53. The van der Waals surface area contributed by atoms with Gasteiger partial charge in [0.1, 0.15) is 17.1 Å². The van der Waals surface area contributed by atoms with Crippen LogP contribution in [0.5, 0.6) is 0 Å². The predicted octanol–water partition coefficient (Wildman–Crippen LogP) is 6.51. The lowest BCUT2D eigenvalue weighted by Crippen LogP contribution is -2.43. The highest BCUT2D eigenvalue weighted by Crippen LogP contribution is 2.45. The zero-order valence-corrected chi connectivity index (χ0v) is 21.3. The van der Waals surface area contributed by atoms with E-state index in [2.05, 4.69) is 20.2 Å². The molecule has 3 aromatic rings. The Labute approximate surface area is 228 Å². The quantitative estimate of drug-likeness (QED) is 0.223. The zero-order valence-electron chi connectivity index (χ0n) is 21.3. The zero-order chi connectivity index (χ0) is 29.1. The Morgan fingerprint density at radius 3 is 2.49 bits per heavy atom. The summed E-state index contributed by atoms with van der Waals surface area (Å²) < 4.78 is 76.5. The fraction of sp³-hybridized carbons (Fsp3) is 0.250. The minimum atomic E-state index is -4.68. The number of benzene rings is 2. The molecule has 1 fully saturated rings. The minimum absolute atomic E-state index is 0.0902. The van der Waals surface area contributed by atoms with Crippen LogP contribution in [-0.4, -0.2) is 36.0 Å².